The minimum atomic E-state index is -3.19. The van der Waals surface area contributed by atoms with Crippen molar-refractivity contribution in [1.29, 1.82) is 0 Å². The van der Waals surface area contributed by atoms with Crippen molar-refractivity contribution in [3.05, 3.63) is 38.9 Å². The first-order valence-electron chi connectivity index (χ1n) is 5.49. The lowest BCUT2D eigenvalue weighted by Gasteiger charge is -2.16. The first-order valence-corrected chi connectivity index (χ1v) is 7.93. The summed E-state index contributed by atoms with van der Waals surface area (Å²) in [6.07, 6.45) is 1.07. The Balaban J connectivity index is 2.92. The standard InChI is InChI=1S/C11H13ClN2O5S/c1-13(5-6-20(2,18)19)11(15)8-3-4-9(12)10(7-8)14(16)17/h3-4,7H,5-6H2,1-2H3. The van der Waals surface area contributed by atoms with E-state index < -0.39 is 20.7 Å². The molecule has 1 amide bonds. The van der Waals surface area contributed by atoms with Gasteiger partial charge in [-0.1, -0.05) is 11.6 Å². The Morgan fingerprint density at radius 2 is 2.05 bits per heavy atom. The van der Waals surface area contributed by atoms with Gasteiger partial charge in [0.2, 0.25) is 0 Å². The summed E-state index contributed by atoms with van der Waals surface area (Å²) in [6, 6.07) is 3.69. The second kappa shape index (κ2) is 6.19. The number of amides is 1. The van der Waals surface area contributed by atoms with Crippen molar-refractivity contribution in [2.75, 3.05) is 25.6 Å². The maximum Gasteiger partial charge on any atom is 0.288 e. The number of nitro groups is 1. The zero-order chi connectivity index (χ0) is 15.5. The predicted octanol–water partition coefficient (Wildman–Crippen LogP) is 1.36. The summed E-state index contributed by atoms with van der Waals surface area (Å²) in [5, 5.41) is 10.7. The van der Waals surface area contributed by atoms with E-state index in [9.17, 15) is 23.3 Å². The number of halogens is 1. The van der Waals surface area contributed by atoms with Crippen LogP contribution in [0.15, 0.2) is 18.2 Å². The van der Waals surface area contributed by atoms with E-state index in [1.54, 1.807) is 0 Å². The topological polar surface area (TPSA) is 97.6 Å². The largest absolute Gasteiger partial charge is 0.341 e. The number of carbonyl (C=O) groups excluding carboxylic acids is 1. The van der Waals surface area contributed by atoms with Crippen molar-refractivity contribution < 1.29 is 18.1 Å². The van der Waals surface area contributed by atoms with Gasteiger partial charge in [0.15, 0.2) is 0 Å². The van der Waals surface area contributed by atoms with Crippen molar-refractivity contribution in [2.24, 2.45) is 0 Å². The molecule has 0 unspecified atom stereocenters. The minimum Gasteiger partial charge on any atom is -0.341 e. The van der Waals surface area contributed by atoms with Gasteiger partial charge < -0.3 is 4.90 Å². The van der Waals surface area contributed by atoms with Crippen LogP contribution in [0.2, 0.25) is 5.02 Å². The molecule has 0 radical (unpaired) electrons. The van der Waals surface area contributed by atoms with Crippen LogP contribution in [-0.2, 0) is 9.84 Å². The number of hydrogen-bond donors (Lipinski definition) is 0. The lowest BCUT2D eigenvalue weighted by Crippen LogP contribution is -2.31. The number of hydrogen-bond acceptors (Lipinski definition) is 5. The molecule has 0 spiro atoms. The van der Waals surface area contributed by atoms with Crippen LogP contribution in [0.1, 0.15) is 10.4 Å². The summed E-state index contributed by atoms with van der Waals surface area (Å²) in [4.78, 5) is 23.3. The van der Waals surface area contributed by atoms with Gasteiger partial charge >= 0.3 is 0 Å². The van der Waals surface area contributed by atoms with Gasteiger partial charge in [-0.3, -0.25) is 14.9 Å². The van der Waals surface area contributed by atoms with Crippen LogP contribution in [0.3, 0.4) is 0 Å². The predicted molar refractivity (Wildman–Crippen MR) is 74.8 cm³/mol. The Kier molecular flexibility index (Phi) is 5.07. The highest BCUT2D eigenvalue weighted by molar-refractivity contribution is 7.90. The first-order chi connectivity index (χ1) is 9.11. The number of nitro benzene ring substituents is 1. The number of carbonyl (C=O) groups is 1. The van der Waals surface area contributed by atoms with E-state index in [1.807, 2.05) is 0 Å². The van der Waals surface area contributed by atoms with Gasteiger partial charge in [-0.2, -0.15) is 0 Å². The van der Waals surface area contributed by atoms with Crippen LogP contribution in [0.25, 0.3) is 0 Å². The molecule has 9 heteroatoms. The summed E-state index contributed by atoms with van der Waals surface area (Å²) in [6.45, 7) is 0.00803. The summed E-state index contributed by atoms with van der Waals surface area (Å²) in [5.41, 5.74) is -0.286. The van der Waals surface area contributed by atoms with E-state index in [-0.39, 0.29) is 28.6 Å². The highest BCUT2D eigenvalue weighted by atomic mass is 35.5. The van der Waals surface area contributed by atoms with Crippen molar-refractivity contribution in [3.8, 4) is 0 Å². The van der Waals surface area contributed by atoms with Gasteiger partial charge in [-0.05, 0) is 12.1 Å². The second-order valence-electron chi connectivity index (χ2n) is 4.28. The molecule has 0 aliphatic heterocycles. The lowest BCUT2D eigenvalue weighted by molar-refractivity contribution is -0.384. The van der Waals surface area contributed by atoms with Gasteiger partial charge in [0.25, 0.3) is 11.6 Å². The molecule has 1 aromatic rings. The minimum absolute atomic E-state index is 0.00803. The van der Waals surface area contributed by atoms with Crippen LogP contribution in [-0.4, -0.2) is 49.7 Å². The summed E-state index contributed by atoms with van der Waals surface area (Å²) in [5.74, 6) is -0.682. The average Bonchev–Trinajstić information content (AvgIpc) is 2.34. The number of nitrogens with zero attached hydrogens (tertiary/aromatic N) is 2. The SMILES string of the molecule is CN(CCS(C)(=O)=O)C(=O)c1ccc(Cl)c([N+](=O)[O-])c1. The third kappa shape index (κ3) is 4.46. The molecule has 0 aliphatic rings. The van der Waals surface area contributed by atoms with E-state index in [0.717, 1.165) is 12.3 Å². The Hall–Kier alpha value is -1.67. The Labute approximate surface area is 121 Å². The molecule has 0 saturated heterocycles. The van der Waals surface area contributed by atoms with Crippen LogP contribution in [0.4, 0.5) is 5.69 Å². The summed E-state index contributed by atoms with van der Waals surface area (Å²) in [7, 11) is -1.76. The van der Waals surface area contributed by atoms with Gasteiger partial charge in [-0.15, -0.1) is 0 Å². The number of sulfone groups is 1. The summed E-state index contributed by atoms with van der Waals surface area (Å²) >= 11 is 5.65. The van der Waals surface area contributed by atoms with Crippen LogP contribution in [0, 0.1) is 10.1 Å². The van der Waals surface area contributed by atoms with Crippen molar-refractivity contribution >= 4 is 33.0 Å². The second-order valence-corrected chi connectivity index (χ2v) is 6.95. The van der Waals surface area contributed by atoms with Gasteiger partial charge in [0.1, 0.15) is 14.9 Å². The molecular formula is C11H13ClN2O5S. The summed E-state index contributed by atoms with van der Waals surface area (Å²) < 4.78 is 22.1. The van der Waals surface area contributed by atoms with Crippen molar-refractivity contribution in [2.45, 2.75) is 0 Å². The monoisotopic (exact) mass is 320 g/mol. The van der Waals surface area contributed by atoms with Gasteiger partial charge in [0.05, 0.1) is 10.7 Å². The zero-order valence-corrected chi connectivity index (χ0v) is 12.4. The molecule has 20 heavy (non-hydrogen) atoms. The third-order valence-electron chi connectivity index (χ3n) is 2.53. The van der Waals surface area contributed by atoms with Crippen LogP contribution >= 0.6 is 11.6 Å². The zero-order valence-electron chi connectivity index (χ0n) is 10.9. The number of rotatable bonds is 5. The van der Waals surface area contributed by atoms with E-state index in [0.29, 0.717) is 0 Å². The van der Waals surface area contributed by atoms with E-state index >= 15 is 0 Å². The molecule has 7 nitrogen and oxygen atoms in total. The maximum absolute atomic E-state index is 12.0. The van der Waals surface area contributed by atoms with E-state index in [4.69, 9.17) is 11.6 Å². The third-order valence-corrected chi connectivity index (χ3v) is 3.78. The highest BCUT2D eigenvalue weighted by Crippen LogP contribution is 2.25. The fourth-order valence-electron chi connectivity index (χ4n) is 1.41. The molecule has 0 atom stereocenters. The molecule has 0 aliphatic carbocycles. The smallest absolute Gasteiger partial charge is 0.288 e. The first kappa shape index (κ1) is 16.4. The van der Waals surface area contributed by atoms with Gasteiger partial charge in [-0.25, -0.2) is 8.42 Å². The molecule has 1 aromatic carbocycles. The molecule has 0 N–H and O–H groups in total. The van der Waals surface area contributed by atoms with E-state index in [1.165, 1.54) is 24.1 Å². The molecule has 0 saturated carbocycles. The Morgan fingerprint density at radius 1 is 1.45 bits per heavy atom. The molecule has 1 rings (SSSR count). The molecule has 0 bridgehead atoms. The van der Waals surface area contributed by atoms with Gasteiger partial charge in [0, 0.05) is 31.5 Å². The normalized spacial score (nSPS) is 11.2. The fraction of sp³-hybridized carbons (Fsp3) is 0.364. The quantitative estimate of drug-likeness (QED) is 0.602. The van der Waals surface area contributed by atoms with Crippen LogP contribution in [0.5, 0.6) is 0 Å². The molecule has 0 aromatic heterocycles. The van der Waals surface area contributed by atoms with Crippen molar-refractivity contribution in [3.63, 3.8) is 0 Å². The molecular weight excluding hydrogens is 308 g/mol. The highest BCUT2D eigenvalue weighted by Gasteiger charge is 2.19. The Morgan fingerprint density at radius 3 is 2.55 bits per heavy atom. The van der Waals surface area contributed by atoms with Crippen molar-refractivity contribution in [1.82, 2.24) is 4.90 Å². The molecule has 110 valence electrons. The molecule has 0 heterocycles. The Bertz CT molecular complexity index is 644. The lowest BCUT2D eigenvalue weighted by atomic mass is 10.2. The fourth-order valence-corrected chi connectivity index (χ4v) is 2.20. The van der Waals surface area contributed by atoms with Crippen LogP contribution < -0.4 is 0 Å². The maximum atomic E-state index is 12.0. The van der Waals surface area contributed by atoms with E-state index in [2.05, 4.69) is 0 Å². The number of benzene rings is 1. The average molecular weight is 321 g/mol. The molecule has 0 fully saturated rings.